The molecule has 0 aromatic rings. The summed E-state index contributed by atoms with van der Waals surface area (Å²) < 4.78 is 28.8. The molecule has 0 unspecified atom stereocenters. The monoisotopic (exact) mass is 426 g/mol. The topological polar surface area (TPSA) is 66.8 Å². The third-order valence-electron chi connectivity index (χ3n) is 0.106. The normalized spacial score (nSPS) is 8.88. The average Bonchev–Trinajstić information content (AvgIpc) is 1.35. The zero-order valence-electron chi connectivity index (χ0n) is 6.02. The minimum Gasteiger partial charge on any atom is -1.00 e. The molecule has 0 fully saturated rings. The summed E-state index contributed by atoms with van der Waals surface area (Å²) in [5.74, 6) is 0. The summed E-state index contributed by atoms with van der Waals surface area (Å²) in [6, 6.07) is 0. The molecule has 4 nitrogen and oxygen atoms in total. The fourth-order valence-electron chi connectivity index (χ4n) is 0. The van der Waals surface area contributed by atoms with E-state index in [1.54, 1.807) is 0 Å². The fourth-order valence-corrected chi connectivity index (χ4v) is 0. The molecule has 0 bridgehead atoms. The van der Waals surface area contributed by atoms with Crippen LogP contribution in [0.4, 0.5) is 0 Å². The van der Waals surface area contributed by atoms with Crippen LogP contribution in [0.25, 0.3) is 0 Å². The van der Waals surface area contributed by atoms with E-state index in [1.807, 2.05) is 0 Å². The third-order valence-corrected chi connectivity index (χ3v) is 3.71. The van der Waals surface area contributed by atoms with Crippen molar-refractivity contribution >= 4 is 82.7 Å². The molecule has 8 heavy (non-hydrogen) atoms. The van der Waals surface area contributed by atoms with Crippen molar-refractivity contribution in [2.24, 2.45) is 0 Å². The summed E-state index contributed by atoms with van der Waals surface area (Å²) in [7, 11) is 0. The van der Waals surface area contributed by atoms with Gasteiger partial charge in [0, 0.05) is 19.5 Å². The predicted molar refractivity (Wildman–Crippen MR) is 27.1 cm³/mol. The Hall–Kier alpha value is 3.13. The van der Waals surface area contributed by atoms with Crippen LogP contribution in [0.3, 0.4) is 0 Å². The van der Waals surface area contributed by atoms with Gasteiger partial charge in [-0.25, -0.2) is 0 Å². The number of rotatable bonds is 1. The van der Waals surface area contributed by atoms with Crippen LogP contribution >= 0.6 is 0 Å². The van der Waals surface area contributed by atoms with Crippen molar-refractivity contribution in [2.45, 2.75) is 0 Å². The SMILES string of the molecule is O=[As](O)(O)O[TeH].[H-].[H-].[Sr+2].[Zn]. The van der Waals surface area contributed by atoms with Gasteiger partial charge in [0.1, 0.15) is 0 Å². The van der Waals surface area contributed by atoms with Crippen LogP contribution in [0, 0.1) is 0 Å². The molecule has 0 aromatic heterocycles. The van der Waals surface area contributed by atoms with E-state index in [1.165, 1.54) is 0 Å². The summed E-state index contributed by atoms with van der Waals surface area (Å²) in [4.78, 5) is 0. The molecule has 0 aliphatic heterocycles. The second-order valence-electron chi connectivity index (χ2n) is 0.572. The summed E-state index contributed by atoms with van der Waals surface area (Å²) in [6.07, 6.45) is 0. The molecule has 2 N–H and O–H groups in total. The zero-order valence-corrected chi connectivity index (χ0v) is 14.9. The smallest absolute Gasteiger partial charge is 1.00 e. The van der Waals surface area contributed by atoms with Gasteiger partial charge < -0.3 is 2.85 Å². The van der Waals surface area contributed by atoms with Gasteiger partial charge in [0.2, 0.25) is 0 Å². The molecule has 0 spiro atoms. The Morgan fingerprint density at radius 1 is 1.62 bits per heavy atom. The Labute approximate surface area is 117 Å². The summed E-state index contributed by atoms with van der Waals surface area (Å²) in [6.45, 7) is 0. The molecule has 0 aromatic carbocycles. The Morgan fingerprint density at radius 3 is 1.75 bits per heavy atom. The first-order chi connectivity index (χ1) is 2.56. The molecule has 0 rings (SSSR count). The fraction of sp³-hybridized carbons (Fsp3) is 0. The minimum absolute atomic E-state index is 0. The van der Waals surface area contributed by atoms with Crippen molar-refractivity contribution in [2.75, 3.05) is 0 Å². The maximum Gasteiger partial charge on any atom is 2.00 e. The summed E-state index contributed by atoms with van der Waals surface area (Å²) >= 11 is -3.98. The van der Waals surface area contributed by atoms with Gasteiger partial charge in [-0.1, -0.05) is 0 Å². The van der Waals surface area contributed by atoms with E-state index in [2.05, 4.69) is 2.09 Å². The van der Waals surface area contributed by atoms with Gasteiger partial charge in [-0.05, 0) is 0 Å². The largest absolute Gasteiger partial charge is 2.00 e. The van der Waals surface area contributed by atoms with Crippen molar-refractivity contribution < 1.29 is 36.4 Å². The van der Waals surface area contributed by atoms with E-state index in [0.717, 1.165) is 0 Å². The maximum atomic E-state index is 9.55. The molecule has 8 heteroatoms. The van der Waals surface area contributed by atoms with Crippen molar-refractivity contribution in [3.63, 3.8) is 0 Å². The molecule has 0 heterocycles. The Balaban J connectivity index is -0.0000000208. The quantitative estimate of drug-likeness (QED) is 0.457. The van der Waals surface area contributed by atoms with Crippen LogP contribution in [0.1, 0.15) is 2.85 Å². The van der Waals surface area contributed by atoms with E-state index in [-0.39, 0.29) is 67.8 Å². The average molecular weight is 425 g/mol. The van der Waals surface area contributed by atoms with Crippen molar-refractivity contribution in [3.05, 3.63) is 0 Å². The molecule has 0 saturated heterocycles. The van der Waals surface area contributed by atoms with Gasteiger partial charge in [-0.2, -0.15) is 0 Å². The summed E-state index contributed by atoms with van der Waals surface area (Å²) in [5, 5.41) is 0. The predicted octanol–water partition coefficient (Wildman–Crippen LogP) is -2.49. The van der Waals surface area contributed by atoms with E-state index in [0.29, 0.717) is 22.7 Å². The molecule has 0 atom stereocenters. The van der Waals surface area contributed by atoms with E-state index in [9.17, 15) is 3.74 Å². The molecule has 0 aliphatic carbocycles. The Kier molecular flexibility index (Phi) is 17.8. The molecule has 0 amide bonds. The van der Waals surface area contributed by atoms with Gasteiger partial charge in [0.25, 0.3) is 0 Å². The second-order valence-corrected chi connectivity index (χ2v) is 5.40. The first kappa shape index (κ1) is 17.3. The molecular weight excluding hydrogens is 420 g/mol. The molecule has 0 aliphatic rings. The second kappa shape index (κ2) is 8.23. The standard InChI is InChI=1S/AsH3O4Te.Sr.Zn.2H/c2-1(3,4)5-6;;;;/h6H,(H2,2,3,4);;;;/q;+2;;2*-1. The zero-order chi connectivity index (χ0) is 5.21. The Morgan fingerprint density at radius 2 is 1.75 bits per heavy atom. The van der Waals surface area contributed by atoms with Crippen LogP contribution in [0.15, 0.2) is 0 Å². The van der Waals surface area contributed by atoms with Crippen LogP contribution < -0.4 is 0 Å². The molecule has 44 valence electrons. The van der Waals surface area contributed by atoms with Crippen LogP contribution in [0.2, 0.25) is 0 Å². The molecule has 0 saturated carbocycles. The van der Waals surface area contributed by atoms with Crippen molar-refractivity contribution in [1.82, 2.24) is 0 Å². The van der Waals surface area contributed by atoms with Gasteiger partial charge >= 0.3 is 96.7 Å². The number of hydrogen-bond acceptors (Lipinski definition) is 2. The van der Waals surface area contributed by atoms with Gasteiger partial charge in [0.15, 0.2) is 0 Å². The summed E-state index contributed by atoms with van der Waals surface area (Å²) in [5.41, 5.74) is 0. The van der Waals surface area contributed by atoms with E-state index < -0.39 is 14.5 Å². The third kappa shape index (κ3) is 16.1. The first-order valence-electron chi connectivity index (χ1n) is 0.948. The van der Waals surface area contributed by atoms with Crippen LogP contribution in [0.5, 0.6) is 0 Å². The van der Waals surface area contributed by atoms with Crippen molar-refractivity contribution in [1.29, 1.82) is 0 Å². The van der Waals surface area contributed by atoms with E-state index in [4.69, 9.17) is 8.19 Å². The molecular formula is H5AsO4SrTeZn. The first-order valence-corrected chi connectivity index (χ1v) is 5.20. The van der Waals surface area contributed by atoms with Gasteiger partial charge in [-0.3, -0.25) is 0 Å². The van der Waals surface area contributed by atoms with Crippen LogP contribution in [-0.2, 0) is 25.3 Å². The number of hydrogen-bond donors (Lipinski definition) is 2. The minimum atomic E-state index is -4.64. The van der Waals surface area contributed by atoms with Crippen molar-refractivity contribution in [3.8, 4) is 0 Å². The maximum absolute atomic E-state index is 9.55. The van der Waals surface area contributed by atoms with Gasteiger partial charge in [-0.15, -0.1) is 0 Å². The Bertz CT molecular complexity index is 87.3. The van der Waals surface area contributed by atoms with E-state index >= 15 is 0 Å². The van der Waals surface area contributed by atoms with Crippen LogP contribution in [-0.4, -0.2) is 90.9 Å². The molecule has 0 radical (unpaired) electrons. The van der Waals surface area contributed by atoms with Gasteiger partial charge in [0.05, 0.1) is 0 Å².